The largest absolute Gasteiger partial charge is 0.456 e. The van der Waals surface area contributed by atoms with Crippen molar-refractivity contribution in [3.05, 3.63) is 46.7 Å². The average Bonchev–Trinajstić information content (AvgIpc) is 2.97. The summed E-state index contributed by atoms with van der Waals surface area (Å²) in [5.74, 6) is 2.60. The van der Waals surface area contributed by atoms with Crippen molar-refractivity contribution in [2.75, 3.05) is 0 Å². The van der Waals surface area contributed by atoms with Gasteiger partial charge < -0.3 is 4.74 Å². The quantitative estimate of drug-likeness (QED) is 0.530. The van der Waals surface area contributed by atoms with Gasteiger partial charge in [0, 0.05) is 5.38 Å². The summed E-state index contributed by atoms with van der Waals surface area (Å²) in [5.41, 5.74) is 1.37. The predicted molar refractivity (Wildman–Crippen MR) is 88.0 cm³/mol. The fraction of sp³-hybridized carbons (Fsp3) is 0.444. The number of ether oxygens (including phenoxy) is 1. The molecule has 0 aliphatic rings. The number of hydrogen-bond acceptors (Lipinski definition) is 2. The molecule has 1 nitrogen and oxygen atoms in total. The Balaban J connectivity index is 2.19. The van der Waals surface area contributed by atoms with Crippen LogP contribution in [0, 0.1) is 0 Å². The highest BCUT2D eigenvalue weighted by Gasteiger charge is 2.15. The minimum Gasteiger partial charge on any atom is -0.456 e. The van der Waals surface area contributed by atoms with E-state index >= 15 is 0 Å². The second-order valence-electron chi connectivity index (χ2n) is 5.23. The summed E-state index contributed by atoms with van der Waals surface area (Å²) < 4.78 is 6.07. The van der Waals surface area contributed by atoms with Gasteiger partial charge in [-0.15, -0.1) is 11.3 Å². The molecule has 0 aliphatic carbocycles. The van der Waals surface area contributed by atoms with Gasteiger partial charge in [-0.2, -0.15) is 0 Å². The molecular formula is C18H24OS. The van der Waals surface area contributed by atoms with Crippen molar-refractivity contribution in [3.63, 3.8) is 0 Å². The van der Waals surface area contributed by atoms with Crippen molar-refractivity contribution in [1.29, 1.82) is 0 Å². The minimum absolute atomic E-state index is 0.620. The molecule has 0 saturated carbocycles. The van der Waals surface area contributed by atoms with Crippen LogP contribution in [0.2, 0.25) is 0 Å². The highest BCUT2D eigenvalue weighted by Crippen LogP contribution is 2.36. The van der Waals surface area contributed by atoms with Crippen LogP contribution in [0.3, 0.4) is 0 Å². The summed E-state index contributed by atoms with van der Waals surface area (Å²) in [4.78, 5) is 0. The molecule has 2 heteroatoms. The Morgan fingerprint density at radius 2 is 1.90 bits per heavy atom. The summed E-state index contributed by atoms with van der Waals surface area (Å²) in [5, 5.41) is 4.11. The van der Waals surface area contributed by atoms with E-state index in [2.05, 4.69) is 48.9 Å². The van der Waals surface area contributed by atoms with Crippen LogP contribution in [-0.4, -0.2) is 0 Å². The summed E-state index contributed by atoms with van der Waals surface area (Å²) in [6, 6.07) is 10.6. The van der Waals surface area contributed by atoms with Crippen molar-refractivity contribution >= 4 is 11.3 Å². The summed E-state index contributed by atoms with van der Waals surface area (Å²) in [6.07, 6.45) is 6.27. The molecule has 108 valence electrons. The fourth-order valence-corrected chi connectivity index (χ4v) is 3.15. The number of unbranched alkanes of at least 4 members (excludes halogenated alkanes) is 1. The molecule has 1 aromatic carbocycles. The molecule has 1 aromatic heterocycles. The molecule has 0 saturated heterocycles. The van der Waals surface area contributed by atoms with Gasteiger partial charge in [-0.1, -0.05) is 51.3 Å². The zero-order valence-corrected chi connectivity index (χ0v) is 13.3. The Labute approximate surface area is 126 Å². The molecular weight excluding hydrogens is 264 g/mol. The lowest BCUT2D eigenvalue weighted by atomic mass is 9.89. The zero-order chi connectivity index (χ0) is 14.2. The highest BCUT2D eigenvalue weighted by atomic mass is 32.1. The Morgan fingerprint density at radius 1 is 1.05 bits per heavy atom. The predicted octanol–water partition coefficient (Wildman–Crippen LogP) is 6.61. The van der Waals surface area contributed by atoms with Crippen LogP contribution >= 0.6 is 11.3 Å². The number of thiophene rings is 1. The first-order valence-electron chi connectivity index (χ1n) is 7.64. The number of para-hydroxylation sites is 1. The Hall–Kier alpha value is -1.28. The molecule has 0 radical (unpaired) electrons. The van der Waals surface area contributed by atoms with E-state index < -0.39 is 0 Å². The second kappa shape index (κ2) is 8.11. The lowest BCUT2D eigenvalue weighted by Crippen LogP contribution is -2.01. The van der Waals surface area contributed by atoms with E-state index in [9.17, 15) is 0 Å². The van der Waals surface area contributed by atoms with Crippen molar-refractivity contribution in [2.45, 2.75) is 51.9 Å². The Kier molecular flexibility index (Phi) is 6.13. The summed E-state index contributed by atoms with van der Waals surface area (Å²) in [6.45, 7) is 4.53. The molecule has 1 unspecified atom stereocenters. The lowest BCUT2D eigenvalue weighted by Gasteiger charge is -2.19. The van der Waals surface area contributed by atoms with Crippen LogP contribution in [0.25, 0.3) is 0 Å². The number of hydrogen-bond donors (Lipinski definition) is 0. The highest BCUT2D eigenvalue weighted by molar-refractivity contribution is 7.08. The van der Waals surface area contributed by atoms with Crippen LogP contribution in [-0.2, 0) is 0 Å². The van der Waals surface area contributed by atoms with Crippen LogP contribution in [0.5, 0.6) is 11.5 Å². The number of rotatable bonds is 8. The van der Waals surface area contributed by atoms with Crippen molar-refractivity contribution < 1.29 is 4.74 Å². The Morgan fingerprint density at radius 3 is 2.60 bits per heavy atom. The normalized spacial score (nSPS) is 12.3. The molecule has 0 fully saturated rings. The van der Waals surface area contributed by atoms with E-state index in [1.165, 1.54) is 37.7 Å². The topological polar surface area (TPSA) is 9.23 Å². The average molecular weight is 288 g/mol. The van der Waals surface area contributed by atoms with Gasteiger partial charge in [0.15, 0.2) is 0 Å². The minimum atomic E-state index is 0.620. The maximum Gasteiger partial charge on any atom is 0.138 e. The molecule has 0 aliphatic heterocycles. The molecule has 0 N–H and O–H groups in total. The van der Waals surface area contributed by atoms with Gasteiger partial charge >= 0.3 is 0 Å². The van der Waals surface area contributed by atoms with Gasteiger partial charge in [0.25, 0.3) is 0 Å². The van der Waals surface area contributed by atoms with E-state index in [0.29, 0.717) is 5.92 Å². The maximum absolute atomic E-state index is 6.07. The van der Waals surface area contributed by atoms with Gasteiger partial charge in [0.1, 0.15) is 11.5 Å². The molecule has 0 amide bonds. The molecule has 0 spiro atoms. The third-order valence-corrected chi connectivity index (χ3v) is 4.29. The molecule has 2 aromatic rings. The SMILES string of the molecule is CCCCC(CCC)c1ccccc1Oc1ccsc1. The zero-order valence-electron chi connectivity index (χ0n) is 12.5. The van der Waals surface area contributed by atoms with Gasteiger partial charge in [0.2, 0.25) is 0 Å². The third kappa shape index (κ3) is 4.11. The van der Waals surface area contributed by atoms with Crippen LogP contribution < -0.4 is 4.74 Å². The lowest BCUT2D eigenvalue weighted by molar-refractivity contribution is 0.458. The first kappa shape index (κ1) is 15.1. The van der Waals surface area contributed by atoms with Gasteiger partial charge in [-0.05, 0) is 41.8 Å². The van der Waals surface area contributed by atoms with Crippen LogP contribution in [0.15, 0.2) is 41.1 Å². The molecule has 1 atom stereocenters. The van der Waals surface area contributed by atoms with Crippen LogP contribution in [0.1, 0.15) is 57.4 Å². The van der Waals surface area contributed by atoms with E-state index in [0.717, 1.165) is 11.5 Å². The summed E-state index contributed by atoms with van der Waals surface area (Å²) >= 11 is 1.67. The standard InChI is InChI=1S/C18H24OS/c1-3-5-9-15(8-4-2)17-10-6-7-11-18(17)19-16-12-13-20-14-16/h6-7,10-15H,3-5,8-9H2,1-2H3. The number of benzene rings is 1. The van der Waals surface area contributed by atoms with Crippen LogP contribution in [0.4, 0.5) is 0 Å². The second-order valence-corrected chi connectivity index (χ2v) is 6.01. The van der Waals surface area contributed by atoms with Gasteiger partial charge in [-0.25, -0.2) is 0 Å². The van der Waals surface area contributed by atoms with Crippen molar-refractivity contribution in [3.8, 4) is 11.5 Å². The maximum atomic E-state index is 6.07. The van der Waals surface area contributed by atoms with E-state index in [-0.39, 0.29) is 0 Å². The first-order valence-corrected chi connectivity index (χ1v) is 8.58. The third-order valence-electron chi connectivity index (χ3n) is 3.62. The van der Waals surface area contributed by atoms with Gasteiger partial charge in [-0.3, -0.25) is 0 Å². The van der Waals surface area contributed by atoms with Gasteiger partial charge in [0.05, 0.1) is 0 Å². The van der Waals surface area contributed by atoms with E-state index in [1.807, 2.05) is 6.07 Å². The molecule has 20 heavy (non-hydrogen) atoms. The van der Waals surface area contributed by atoms with Crippen molar-refractivity contribution in [2.24, 2.45) is 0 Å². The Bertz CT molecular complexity index is 490. The van der Waals surface area contributed by atoms with Crippen molar-refractivity contribution in [1.82, 2.24) is 0 Å². The molecule has 0 bridgehead atoms. The fourth-order valence-electron chi connectivity index (χ4n) is 2.60. The molecule has 2 rings (SSSR count). The first-order chi connectivity index (χ1) is 9.85. The smallest absolute Gasteiger partial charge is 0.138 e. The molecule has 1 heterocycles. The summed E-state index contributed by atoms with van der Waals surface area (Å²) in [7, 11) is 0. The van der Waals surface area contributed by atoms with E-state index in [1.54, 1.807) is 11.3 Å². The van der Waals surface area contributed by atoms with E-state index in [4.69, 9.17) is 4.74 Å². The monoisotopic (exact) mass is 288 g/mol.